The van der Waals surface area contributed by atoms with Crippen molar-refractivity contribution in [1.29, 1.82) is 0 Å². The zero-order valence-electron chi connectivity index (χ0n) is 21.0. The highest BCUT2D eigenvalue weighted by Crippen LogP contribution is 2.37. The molecule has 0 bridgehead atoms. The van der Waals surface area contributed by atoms with Crippen LogP contribution in [0.25, 0.3) is 10.8 Å². The summed E-state index contributed by atoms with van der Waals surface area (Å²) in [6, 6.07) is 16.8. The normalized spacial score (nSPS) is 14.1. The predicted molar refractivity (Wildman–Crippen MR) is 139 cm³/mol. The fourth-order valence-electron chi connectivity index (χ4n) is 4.57. The number of hydrogen-bond acceptors (Lipinski definition) is 3. The minimum Gasteiger partial charge on any atom is -0.352 e. The fraction of sp³-hybridized carbons (Fsp3) is 0.345. The van der Waals surface area contributed by atoms with Crippen molar-refractivity contribution in [2.45, 2.75) is 58.7 Å². The molecule has 3 aromatic carbocycles. The van der Waals surface area contributed by atoms with Gasteiger partial charge < -0.3 is 15.1 Å². The Morgan fingerprint density at radius 3 is 2.42 bits per heavy atom. The van der Waals surface area contributed by atoms with Crippen molar-refractivity contribution < 1.29 is 18.8 Å². The van der Waals surface area contributed by atoms with Crippen molar-refractivity contribution in [2.24, 2.45) is 0 Å². The molecule has 0 aromatic heterocycles. The minimum atomic E-state index is -0.692. The van der Waals surface area contributed by atoms with Crippen LogP contribution in [0.1, 0.15) is 56.0 Å². The second-order valence-electron chi connectivity index (χ2n) is 9.38. The number of nitrogens with one attached hydrogen (secondary N) is 1. The summed E-state index contributed by atoms with van der Waals surface area (Å²) in [7, 11) is 0. The number of benzene rings is 3. The summed E-state index contributed by atoms with van der Waals surface area (Å²) in [5.41, 5.74) is 2.29. The Morgan fingerprint density at radius 2 is 1.72 bits per heavy atom. The summed E-state index contributed by atoms with van der Waals surface area (Å²) in [6.45, 7) is 6.20. The maximum atomic E-state index is 13.4. The van der Waals surface area contributed by atoms with E-state index in [1.807, 2.05) is 50.2 Å². The molecule has 3 amide bonds. The van der Waals surface area contributed by atoms with E-state index in [-0.39, 0.29) is 42.5 Å². The van der Waals surface area contributed by atoms with E-state index in [1.165, 1.54) is 17.0 Å². The van der Waals surface area contributed by atoms with Gasteiger partial charge in [-0.15, -0.1) is 0 Å². The van der Waals surface area contributed by atoms with Crippen molar-refractivity contribution in [2.75, 3.05) is 11.4 Å². The van der Waals surface area contributed by atoms with Crippen molar-refractivity contribution >= 4 is 34.2 Å². The molecule has 0 saturated carbocycles. The second-order valence-corrected chi connectivity index (χ2v) is 9.38. The number of carbonyl (C=O) groups excluding carboxylic acids is 3. The number of halogens is 1. The van der Waals surface area contributed by atoms with Gasteiger partial charge in [-0.25, -0.2) is 4.39 Å². The summed E-state index contributed by atoms with van der Waals surface area (Å²) >= 11 is 0. The standard InChI is InChI=1S/C29H32FN3O3/c1-4-19(2)31-28(35)20(3)33(18-21-13-15-23(30)16-14-21)26(34)12-7-17-32-25-11-6-9-22-8-5-10-24(27(22)25)29(32)36/h5-6,8-11,13-16,19-20H,4,7,12,17-18H2,1-3H3,(H,31,35)/t19-,20-/m0/s1. The molecule has 6 nitrogen and oxygen atoms in total. The van der Waals surface area contributed by atoms with Gasteiger partial charge in [0, 0.05) is 36.5 Å². The zero-order valence-corrected chi connectivity index (χ0v) is 21.0. The first-order valence-electron chi connectivity index (χ1n) is 12.5. The van der Waals surface area contributed by atoms with Gasteiger partial charge in [-0.1, -0.05) is 43.3 Å². The van der Waals surface area contributed by atoms with E-state index in [2.05, 4.69) is 5.32 Å². The molecule has 4 rings (SSSR count). The van der Waals surface area contributed by atoms with E-state index < -0.39 is 6.04 Å². The molecular formula is C29H32FN3O3. The van der Waals surface area contributed by atoms with E-state index in [4.69, 9.17) is 0 Å². The Bertz CT molecular complexity index is 1270. The topological polar surface area (TPSA) is 69.7 Å². The van der Waals surface area contributed by atoms with Crippen LogP contribution in [0.3, 0.4) is 0 Å². The molecule has 188 valence electrons. The van der Waals surface area contributed by atoms with E-state index in [0.717, 1.165) is 28.4 Å². The molecule has 0 radical (unpaired) electrons. The molecule has 0 saturated heterocycles. The van der Waals surface area contributed by atoms with E-state index in [9.17, 15) is 18.8 Å². The SMILES string of the molecule is CC[C@H](C)NC(=O)[C@H](C)N(Cc1ccc(F)cc1)C(=O)CCCN1C(=O)c2cccc3cccc1c23. The molecule has 1 aliphatic rings. The van der Waals surface area contributed by atoms with Gasteiger partial charge in [0.1, 0.15) is 11.9 Å². The van der Waals surface area contributed by atoms with Gasteiger partial charge in [-0.3, -0.25) is 14.4 Å². The highest BCUT2D eigenvalue weighted by atomic mass is 19.1. The van der Waals surface area contributed by atoms with Crippen LogP contribution in [0.4, 0.5) is 10.1 Å². The molecule has 36 heavy (non-hydrogen) atoms. The van der Waals surface area contributed by atoms with E-state index >= 15 is 0 Å². The number of rotatable bonds is 10. The third-order valence-corrected chi connectivity index (χ3v) is 6.86. The average molecular weight is 490 g/mol. The monoisotopic (exact) mass is 489 g/mol. The van der Waals surface area contributed by atoms with Crippen LogP contribution in [0.5, 0.6) is 0 Å². The van der Waals surface area contributed by atoms with Crippen LogP contribution in [0.15, 0.2) is 60.7 Å². The molecule has 1 heterocycles. The molecule has 0 fully saturated rings. The molecule has 0 unspecified atom stereocenters. The lowest BCUT2D eigenvalue weighted by atomic mass is 10.1. The molecule has 2 atom stereocenters. The number of amides is 3. The third-order valence-electron chi connectivity index (χ3n) is 6.86. The third kappa shape index (κ3) is 5.25. The quantitative estimate of drug-likeness (QED) is 0.433. The molecular weight excluding hydrogens is 457 g/mol. The lowest BCUT2D eigenvalue weighted by Gasteiger charge is -2.30. The Morgan fingerprint density at radius 1 is 1.03 bits per heavy atom. The smallest absolute Gasteiger partial charge is 0.258 e. The summed E-state index contributed by atoms with van der Waals surface area (Å²) in [6.07, 6.45) is 1.41. The Balaban J connectivity index is 1.46. The molecule has 0 spiro atoms. The van der Waals surface area contributed by atoms with Crippen LogP contribution in [-0.4, -0.2) is 41.2 Å². The molecule has 3 aromatic rings. The van der Waals surface area contributed by atoms with Crippen LogP contribution in [-0.2, 0) is 16.1 Å². The molecule has 1 N–H and O–H groups in total. The van der Waals surface area contributed by atoms with Crippen molar-refractivity contribution in [3.05, 3.63) is 77.6 Å². The van der Waals surface area contributed by atoms with Gasteiger partial charge in [0.15, 0.2) is 0 Å². The highest BCUT2D eigenvalue weighted by Gasteiger charge is 2.30. The van der Waals surface area contributed by atoms with Crippen LogP contribution < -0.4 is 10.2 Å². The number of hydrogen-bond donors (Lipinski definition) is 1. The van der Waals surface area contributed by atoms with E-state index in [1.54, 1.807) is 24.0 Å². The Kier molecular flexibility index (Phi) is 7.67. The van der Waals surface area contributed by atoms with Crippen LogP contribution in [0.2, 0.25) is 0 Å². The van der Waals surface area contributed by atoms with E-state index in [0.29, 0.717) is 18.5 Å². The molecule has 0 aliphatic carbocycles. The van der Waals surface area contributed by atoms with Crippen LogP contribution in [0, 0.1) is 5.82 Å². The Hall–Kier alpha value is -3.74. The fourth-order valence-corrected chi connectivity index (χ4v) is 4.57. The summed E-state index contributed by atoms with van der Waals surface area (Å²) in [4.78, 5) is 42.5. The maximum Gasteiger partial charge on any atom is 0.258 e. The second kappa shape index (κ2) is 10.9. The lowest BCUT2D eigenvalue weighted by molar-refractivity contribution is -0.140. The van der Waals surface area contributed by atoms with Crippen molar-refractivity contribution in [3.63, 3.8) is 0 Å². The molecule has 7 heteroatoms. The van der Waals surface area contributed by atoms with Crippen molar-refractivity contribution in [1.82, 2.24) is 10.2 Å². The first kappa shape index (κ1) is 25.4. The van der Waals surface area contributed by atoms with Gasteiger partial charge in [0.05, 0.1) is 5.69 Å². The number of carbonyl (C=O) groups is 3. The summed E-state index contributed by atoms with van der Waals surface area (Å²) in [5.74, 6) is -0.825. The van der Waals surface area contributed by atoms with Gasteiger partial charge in [0.2, 0.25) is 11.8 Å². The first-order valence-corrected chi connectivity index (χ1v) is 12.5. The number of anilines is 1. The largest absolute Gasteiger partial charge is 0.352 e. The Labute approximate surface area is 211 Å². The summed E-state index contributed by atoms with van der Waals surface area (Å²) < 4.78 is 13.4. The lowest BCUT2D eigenvalue weighted by Crippen LogP contribution is -2.49. The van der Waals surface area contributed by atoms with Crippen molar-refractivity contribution in [3.8, 4) is 0 Å². The van der Waals surface area contributed by atoms with Gasteiger partial charge in [-0.2, -0.15) is 0 Å². The van der Waals surface area contributed by atoms with Gasteiger partial charge in [0.25, 0.3) is 5.91 Å². The maximum absolute atomic E-state index is 13.4. The summed E-state index contributed by atoms with van der Waals surface area (Å²) in [5, 5.41) is 4.91. The number of nitrogens with zero attached hydrogens (tertiary/aromatic N) is 2. The predicted octanol–water partition coefficient (Wildman–Crippen LogP) is 5.05. The highest BCUT2D eigenvalue weighted by molar-refractivity contribution is 6.25. The first-order chi connectivity index (χ1) is 17.3. The minimum absolute atomic E-state index is 0.00626. The average Bonchev–Trinajstić information content (AvgIpc) is 3.15. The van der Waals surface area contributed by atoms with Gasteiger partial charge >= 0.3 is 0 Å². The zero-order chi connectivity index (χ0) is 25.8. The van der Waals surface area contributed by atoms with Crippen LogP contribution >= 0.6 is 0 Å². The van der Waals surface area contributed by atoms with Gasteiger partial charge in [-0.05, 0) is 61.9 Å². The molecule has 1 aliphatic heterocycles.